The predicted octanol–water partition coefficient (Wildman–Crippen LogP) is 2.63. The summed E-state index contributed by atoms with van der Waals surface area (Å²) in [5.74, 6) is 0.822. The normalized spacial score (nSPS) is 11.4. The first kappa shape index (κ1) is 11.2. The molecule has 0 amide bonds. The van der Waals surface area contributed by atoms with Crippen LogP contribution in [0.2, 0.25) is 0 Å². The minimum atomic E-state index is 0.411. The number of hydrogen-bond donors (Lipinski definition) is 1. The quantitative estimate of drug-likeness (QED) is 0.581. The van der Waals surface area contributed by atoms with E-state index < -0.39 is 0 Å². The van der Waals surface area contributed by atoms with E-state index in [9.17, 15) is 5.21 Å². The summed E-state index contributed by atoms with van der Waals surface area (Å²) in [5.41, 5.74) is 4.19. The standard InChI is InChI=1S/C12H19NO/c1-8(2)10-6-5-7-11(9(3)4)12(10)13-14/h5-9H,13H2,1-4H3. The summed E-state index contributed by atoms with van der Waals surface area (Å²) in [6.45, 7) is 8.47. The molecule has 0 aliphatic carbocycles. The molecule has 78 valence electrons. The van der Waals surface area contributed by atoms with Crippen molar-refractivity contribution < 1.29 is 5.48 Å². The molecule has 1 aromatic rings. The molecule has 0 spiro atoms. The molecule has 2 nitrogen and oxygen atoms in total. The van der Waals surface area contributed by atoms with E-state index in [1.807, 2.05) is 18.2 Å². The van der Waals surface area contributed by atoms with Gasteiger partial charge in [0.25, 0.3) is 0 Å². The fraction of sp³-hybridized carbons (Fsp3) is 0.500. The van der Waals surface area contributed by atoms with Crippen molar-refractivity contribution in [3.05, 3.63) is 34.5 Å². The van der Waals surface area contributed by atoms with Crippen molar-refractivity contribution in [2.24, 2.45) is 0 Å². The second kappa shape index (κ2) is 4.58. The van der Waals surface area contributed by atoms with Crippen LogP contribution in [0, 0.1) is 5.21 Å². The van der Waals surface area contributed by atoms with E-state index in [1.54, 1.807) is 0 Å². The molecule has 0 bridgehead atoms. The fourth-order valence-electron chi connectivity index (χ4n) is 1.74. The van der Waals surface area contributed by atoms with Gasteiger partial charge in [0.05, 0.1) is 0 Å². The van der Waals surface area contributed by atoms with E-state index in [-0.39, 0.29) is 0 Å². The Morgan fingerprint density at radius 1 is 1.00 bits per heavy atom. The molecule has 14 heavy (non-hydrogen) atoms. The van der Waals surface area contributed by atoms with Crippen molar-refractivity contribution in [3.63, 3.8) is 0 Å². The molecular formula is C12H19NO. The van der Waals surface area contributed by atoms with Crippen LogP contribution in [0.5, 0.6) is 0 Å². The molecule has 1 rings (SSSR count). The lowest BCUT2D eigenvalue weighted by Crippen LogP contribution is -2.71. The maximum Gasteiger partial charge on any atom is 0.136 e. The number of quaternary nitrogens is 1. The zero-order valence-corrected chi connectivity index (χ0v) is 9.37. The second-order valence-corrected chi connectivity index (χ2v) is 4.28. The van der Waals surface area contributed by atoms with Crippen LogP contribution < -0.4 is 5.48 Å². The first-order chi connectivity index (χ1) is 6.57. The van der Waals surface area contributed by atoms with Gasteiger partial charge in [-0.1, -0.05) is 45.9 Å². The van der Waals surface area contributed by atoms with Gasteiger partial charge in [-0.2, -0.15) is 0 Å². The van der Waals surface area contributed by atoms with Gasteiger partial charge in [0.1, 0.15) is 5.69 Å². The maximum absolute atomic E-state index is 11.1. The van der Waals surface area contributed by atoms with Crippen molar-refractivity contribution in [2.75, 3.05) is 0 Å². The second-order valence-electron chi connectivity index (χ2n) is 4.28. The van der Waals surface area contributed by atoms with Gasteiger partial charge in [0.15, 0.2) is 0 Å². The third kappa shape index (κ3) is 2.14. The zero-order chi connectivity index (χ0) is 10.7. The van der Waals surface area contributed by atoms with Crippen LogP contribution in [0.15, 0.2) is 18.2 Å². The molecule has 0 atom stereocenters. The van der Waals surface area contributed by atoms with Crippen LogP contribution in [0.4, 0.5) is 5.69 Å². The Labute approximate surface area is 85.9 Å². The molecular weight excluding hydrogens is 174 g/mol. The van der Waals surface area contributed by atoms with Gasteiger partial charge in [-0.25, -0.2) is 0 Å². The summed E-state index contributed by atoms with van der Waals surface area (Å²) in [4.78, 5) is 0. The minimum Gasteiger partial charge on any atom is -0.630 e. The van der Waals surface area contributed by atoms with E-state index in [0.717, 1.165) is 22.3 Å². The van der Waals surface area contributed by atoms with E-state index in [0.29, 0.717) is 11.8 Å². The third-order valence-electron chi connectivity index (χ3n) is 2.54. The smallest absolute Gasteiger partial charge is 0.136 e. The van der Waals surface area contributed by atoms with Crippen molar-refractivity contribution in [3.8, 4) is 0 Å². The molecule has 0 radical (unpaired) electrons. The highest BCUT2D eigenvalue weighted by Gasteiger charge is 2.14. The topological polar surface area (TPSA) is 39.7 Å². The maximum atomic E-state index is 11.1. The monoisotopic (exact) mass is 193 g/mol. The van der Waals surface area contributed by atoms with E-state index in [1.165, 1.54) is 0 Å². The van der Waals surface area contributed by atoms with Crippen molar-refractivity contribution in [2.45, 2.75) is 39.5 Å². The zero-order valence-electron chi connectivity index (χ0n) is 9.37. The van der Waals surface area contributed by atoms with Crippen molar-refractivity contribution in [1.29, 1.82) is 0 Å². The van der Waals surface area contributed by atoms with Gasteiger partial charge >= 0.3 is 0 Å². The summed E-state index contributed by atoms with van der Waals surface area (Å²) in [5, 5.41) is 11.1. The highest BCUT2D eigenvalue weighted by molar-refractivity contribution is 5.49. The Kier molecular flexibility index (Phi) is 3.67. The fourth-order valence-corrected chi connectivity index (χ4v) is 1.74. The van der Waals surface area contributed by atoms with Crippen LogP contribution in [0.25, 0.3) is 0 Å². The number of hydrogen-bond acceptors (Lipinski definition) is 1. The molecule has 0 saturated carbocycles. The van der Waals surface area contributed by atoms with E-state index >= 15 is 0 Å². The Morgan fingerprint density at radius 3 is 1.71 bits per heavy atom. The average molecular weight is 193 g/mol. The number of nitrogens with two attached hydrogens (primary N) is 1. The first-order valence-electron chi connectivity index (χ1n) is 5.16. The molecule has 0 heterocycles. The van der Waals surface area contributed by atoms with Gasteiger partial charge in [-0.05, 0) is 11.8 Å². The van der Waals surface area contributed by atoms with Crippen molar-refractivity contribution >= 4 is 5.69 Å². The summed E-state index contributed by atoms with van der Waals surface area (Å²) in [6.07, 6.45) is 0. The Balaban J connectivity index is 3.25. The average Bonchev–Trinajstić information content (AvgIpc) is 2.16. The highest BCUT2D eigenvalue weighted by atomic mass is 16.5. The van der Waals surface area contributed by atoms with Gasteiger partial charge in [-0.3, -0.25) is 0 Å². The predicted molar refractivity (Wildman–Crippen MR) is 59.6 cm³/mol. The molecule has 0 aliphatic heterocycles. The molecule has 2 N–H and O–H groups in total. The Morgan fingerprint density at radius 2 is 1.43 bits per heavy atom. The Hall–Kier alpha value is -0.860. The highest BCUT2D eigenvalue weighted by Crippen LogP contribution is 2.28. The molecule has 1 aromatic carbocycles. The summed E-state index contributed by atoms with van der Waals surface area (Å²) >= 11 is 0. The van der Waals surface area contributed by atoms with Crippen molar-refractivity contribution in [1.82, 2.24) is 0 Å². The number of benzene rings is 1. The molecule has 0 aliphatic rings. The van der Waals surface area contributed by atoms with Gasteiger partial charge in [0, 0.05) is 11.1 Å². The molecule has 2 heteroatoms. The van der Waals surface area contributed by atoms with Gasteiger partial charge < -0.3 is 10.7 Å². The lowest BCUT2D eigenvalue weighted by molar-refractivity contribution is -0.498. The summed E-state index contributed by atoms with van der Waals surface area (Å²) < 4.78 is 0. The van der Waals surface area contributed by atoms with Crippen LogP contribution in [-0.4, -0.2) is 0 Å². The van der Waals surface area contributed by atoms with Gasteiger partial charge in [-0.15, -0.1) is 0 Å². The van der Waals surface area contributed by atoms with E-state index in [2.05, 4.69) is 27.7 Å². The van der Waals surface area contributed by atoms with Crippen LogP contribution in [0.3, 0.4) is 0 Å². The van der Waals surface area contributed by atoms with Crippen LogP contribution >= 0.6 is 0 Å². The summed E-state index contributed by atoms with van der Waals surface area (Å²) in [7, 11) is 0. The summed E-state index contributed by atoms with van der Waals surface area (Å²) in [6, 6.07) is 6.12. The molecule has 0 aromatic heterocycles. The number of rotatable bonds is 3. The molecule has 0 saturated heterocycles. The Bertz CT molecular complexity index is 279. The lowest BCUT2D eigenvalue weighted by Gasteiger charge is -2.17. The molecule has 0 fully saturated rings. The van der Waals surface area contributed by atoms with Crippen LogP contribution in [0.1, 0.15) is 50.7 Å². The lowest BCUT2D eigenvalue weighted by atomic mass is 9.93. The molecule has 0 unspecified atom stereocenters. The minimum absolute atomic E-state index is 0.411. The third-order valence-corrected chi connectivity index (χ3v) is 2.54. The van der Waals surface area contributed by atoms with E-state index in [4.69, 9.17) is 0 Å². The van der Waals surface area contributed by atoms with Gasteiger partial charge in [0.2, 0.25) is 0 Å². The first-order valence-corrected chi connectivity index (χ1v) is 5.16. The van der Waals surface area contributed by atoms with Crippen LogP contribution in [-0.2, 0) is 0 Å². The SMILES string of the molecule is CC(C)c1cccc(C(C)C)c1[NH2+][O-]. The largest absolute Gasteiger partial charge is 0.630 e.